The van der Waals surface area contributed by atoms with Crippen molar-refractivity contribution in [1.82, 2.24) is 10.2 Å². The van der Waals surface area contributed by atoms with Crippen molar-refractivity contribution in [3.8, 4) is 0 Å². The molecule has 0 aliphatic rings. The van der Waals surface area contributed by atoms with Crippen LogP contribution in [-0.4, -0.2) is 46.9 Å². The number of unbranched alkanes of at least 4 members (excludes halogenated alkanes) is 3. The van der Waals surface area contributed by atoms with E-state index in [0.29, 0.717) is 17.7 Å². The molecule has 2 unspecified atom stereocenters. The first-order chi connectivity index (χ1) is 21.4. The zero-order valence-electron chi connectivity index (χ0n) is 27.2. The number of nitrogens with zero attached hydrogens (tertiary/aromatic N) is 1. The minimum Gasteiger partial charge on any atom is -0.444 e. The van der Waals surface area contributed by atoms with E-state index in [1.807, 2.05) is 73.7 Å². The third-order valence-corrected chi connectivity index (χ3v) is 7.48. The van der Waals surface area contributed by atoms with Crippen molar-refractivity contribution in [3.63, 3.8) is 0 Å². The molecule has 0 aliphatic heterocycles. The van der Waals surface area contributed by atoms with Gasteiger partial charge in [0.05, 0.1) is 0 Å². The topological polar surface area (TPSA) is 131 Å². The summed E-state index contributed by atoms with van der Waals surface area (Å²) in [7, 11) is 0. The summed E-state index contributed by atoms with van der Waals surface area (Å²) in [6.07, 6.45) is 3.36. The van der Waals surface area contributed by atoms with Gasteiger partial charge in [-0.3, -0.25) is 14.4 Å². The molecule has 0 fully saturated rings. The monoisotopic (exact) mass is 616 g/mol. The normalized spacial score (nSPS) is 12.6. The van der Waals surface area contributed by atoms with Gasteiger partial charge in [-0.05, 0) is 74.1 Å². The van der Waals surface area contributed by atoms with Crippen LogP contribution in [0.1, 0.15) is 90.3 Å². The number of carbonyl (C=O) groups excluding carboxylic acids is 4. The Morgan fingerprint density at radius 1 is 0.889 bits per heavy atom. The Kier molecular flexibility index (Phi) is 12.9. The van der Waals surface area contributed by atoms with Crippen LogP contribution < -0.4 is 16.4 Å². The average molecular weight is 617 g/mol. The number of aryl methyl sites for hydroxylation is 1. The number of anilines is 1. The molecule has 3 aromatic carbocycles. The van der Waals surface area contributed by atoms with Crippen molar-refractivity contribution in [3.05, 3.63) is 77.9 Å². The molecular weight excluding hydrogens is 568 g/mol. The number of fused-ring (bicyclic) bond motifs is 1. The van der Waals surface area contributed by atoms with Crippen molar-refractivity contribution in [2.75, 3.05) is 11.9 Å². The molecule has 4 N–H and O–H groups in total. The first-order valence-electron chi connectivity index (χ1n) is 15.9. The summed E-state index contributed by atoms with van der Waals surface area (Å²) in [4.78, 5) is 54.8. The van der Waals surface area contributed by atoms with Crippen LogP contribution in [0.5, 0.6) is 0 Å². The molecule has 2 atom stereocenters. The molecule has 0 heterocycles. The predicted octanol–water partition coefficient (Wildman–Crippen LogP) is 6.65. The number of nitrogens with one attached hydrogen (secondary N) is 2. The van der Waals surface area contributed by atoms with Crippen LogP contribution in [0.3, 0.4) is 0 Å². The lowest BCUT2D eigenvalue weighted by molar-refractivity contribution is -0.141. The molecular formula is C36H48N4O5. The van der Waals surface area contributed by atoms with E-state index in [1.165, 1.54) is 4.90 Å². The summed E-state index contributed by atoms with van der Waals surface area (Å²) in [5.74, 6) is -1.48. The molecule has 0 saturated carbocycles. The van der Waals surface area contributed by atoms with E-state index < -0.39 is 35.6 Å². The van der Waals surface area contributed by atoms with Crippen LogP contribution in [0.4, 0.5) is 10.5 Å². The van der Waals surface area contributed by atoms with Gasteiger partial charge in [0.1, 0.15) is 17.7 Å². The van der Waals surface area contributed by atoms with E-state index in [9.17, 15) is 19.2 Å². The van der Waals surface area contributed by atoms with Crippen LogP contribution in [0, 0.1) is 0 Å². The second-order valence-electron chi connectivity index (χ2n) is 12.3. The van der Waals surface area contributed by atoms with Gasteiger partial charge in [0.2, 0.25) is 11.8 Å². The summed E-state index contributed by atoms with van der Waals surface area (Å²) in [5.41, 5.74) is 6.98. The molecule has 0 bridgehead atoms. The molecule has 0 aliphatic carbocycles. The van der Waals surface area contributed by atoms with Crippen LogP contribution in [0.15, 0.2) is 66.7 Å². The van der Waals surface area contributed by atoms with Gasteiger partial charge >= 0.3 is 6.09 Å². The lowest BCUT2D eigenvalue weighted by Crippen LogP contribution is -2.52. The molecule has 45 heavy (non-hydrogen) atoms. The number of amides is 4. The van der Waals surface area contributed by atoms with Crippen molar-refractivity contribution < 1.29 is 23.9 Å². The van der Waals surface area contributed by atoms with E-state index in [4.69, 9.17) is 10.5 Å². The Labute approximate surface area is 266 Å². The maximum Gasteiger partial charge on any atom is 0.408 e. The SMILES string of the molecule is CCCCCCN(C(=O)C(CCC(N)=O)NC(=O)OC(C)(C)C)C(C(=O)Nc1ccc2ccccc2c1)c1ccc(CC)cc1. The number of hydrogen-bond acceptors (Lipinski definition) is 5. The number of benzene rings is 3. The van der Waals surface area contributed by atoms with Gasteiger partial charge in [-0.1, -0.05) is 87.7 Å². The lowest BCUT2D eigenvalue weighted by Gasteiger charge is -2.34. The average Bonchev–Trinajstić information content (AvgIpc) is 2.99. The maximum atomic E-state index is 14.4. The van der Waals surface area contributed by atoms with Gasteiger partial charge in [0, 0.05) is 18.7 Å². The maximum absolute atomic E-state index is 14.4. The highest BCUT2D eigenvalue weighted by Crippen LogP contribution is 2.27. The zero-order valence-corrected chi connectivity index (χ0v) is 27.2. The molecule has 4 amide bonds. The largest absolute Gasteiger partial charge is 0.444 e. The molecule has 0 saturated heterocycles. The quantitative estimate of drug-likeness (QED) is 0.165. The highest BCUT2D eigenvalue weighted by atomic mass is 16.6. The van der Waals surface area contributed by atoms with Crippen molar-refractivity contribution in [2.45, 2.75) is 97.2 Å². The number of carbonyl (C=O) groups is 4. The molecule has 0 spiro atoms. The summed E-state index contributed by atoms with van der Waals surface area (Å²) < 4.78 is 5.43. The smallest absolute Gasteiger partial charge is 0.408 e. The van der Waals surface area contributed by atoms with Crippen molar-refractivity contribution >= 4 is 40.3 Å². The van der Waals surface area contributed by atoms with Crippen molar-refractivity contribution in [2.24, 2.45) is 5.73 Å². The van der Waals surface area contributed by atoms with Crippen LogP contribution in [-0.2, 0) is 25.5 Å². The van der Waals surface area contributed by atoms with Gasteiger partial charge in [-0.2, -0.15) is 0 Å². The Balaban J connectivity index is 2.05. The van der Waals surface area contributed by atoms with E-state index >= 15 is 0 Å². The first kappa shape index (κ1) is 35.1. The van der Waals surface area contributed by atoms with Crippen LogP contribution >= 0.6 is 0 Å². The minimum atomic E-state index is -1.13. The second kappa shape index (κ2) is 16.6. The molecule has 0 aromatic heterocycles. The van der Waals surface area contributed by atoms with E-state index in [2.05, 4.69) is 17.6 Å². The summed E-state index contributed by atoms with van der Waals surface area (Å²) >= 11 is 0. The fourth-order valence-electron chi connectivity index (χ4n) is 5.16. The van der Waals surface area contributed by atoms with Gasteiger partial charge in [-0.15, -0.1) is 0 Å². The fourth-order valence-corrected chi connectivity index (χ4v) is 5.16. The molecule has 242 valence electrons. The molecule has 3 aromatic rings. The van der Waals surface area contributed by atoms with E-state index in [0.717, 1.165) is 42.0 Å². The van der Waals surface area contributed by atoms with Gasteiger partial charge in [0.25, 0.3) is 5.91 Å². The van der Waals surface area contributed by atoms with Crippen LogP contribution in [0.25, 0.3) is 10.8 Å². The zero-order chi connectivity index (χ0) is 33.0. The molecule has 0 radical (unpaired) electrons. The standard InChI is InChI=1S/C36H48N4O5/c1-6-8-9-12-23-40(34(43)30(21-22-31(37)41)39-35(44)45-36(3,4)5)32(27-17-15-25(7-2)16-18-27)33(42)38-29-20-19-26-13-10-11-14-28(26)24-29/h10-11,13-20,24,30,32H,6-9,12,21-23H2,1-5H3,(H2,37,41)(H,38,42)(H,39,44). The fraction of sp³-hybridized carbons (Fsp3) is 0.444. The second-order valence-corrected chi connectivity index (χ2v) is 12.3. The highest BCUT2D eigenvalue weighted by Gasteiger charge is 2.36. The number of alkyl carbamates (subject to hydrolysis) is 1. The van der Waals surface area contributed by atoms with Gasteiger partial charge in [0.15, 0.2) is 0 Å². The first-order valence-corrected chi connectivity index (χ1v) is 15.9. The Morgan fingerprint density at radius 2 is 1.58 bits per heavy atom. The summed E-state index contributed by atoms with van der Waals surface area (Å²) in [5, 5.41) is 7.71. The summed E-state index contributed by atoms with van der Waals surface area (Å²) in [6.45, 7) is 9.59. The number of rotatable bonds is 15. The van der Waals surface area contributed by atoms with Gasteiger partial charge in [-0.25, -0.2) is 4.79 Å². The Bertz CT molecular complexity index is 1450. The molecule has 9 heteroatoms. The number of hydrogen-bond donors (Lipinski definition) is 3. The van der Waals surface area contributed by atoms with Crippen LogP contribution in [0.2, 0.25) is 0 Å². The number of ether oxygens (including phenoxy) is 1. The third-order valence-electron chi connectivity index (χ3n) is 7.48. The summed E-state index contributed by atoms with van der Waals surface area (Å²) in [6, 6.07) is 19.1. The minimum absolute atomic E-state index is 0.0351. The van der Waals surface area contributed by atoms with Crippen molar-refractivity contribution in [1.29, 1.82) is 0 Å². The highest BCUT2D eigenvalue weighted by molar-refractivity contribution is 6.00. The number of nitrogens with two attached hydrogens (primary N) is 1. The molecule has 9 nitrogen and oxygen atoms in total. The molecule has 3 rings (SSSR count). The number of primary amides is 1. The van der Waals surface area contributed by atoms with E-state index in [-0.39, 0.29) is 25.3 Å². The Hall–Kier alpha value is -4.40. The third kappa shape index (κ3) is 10.9. The Morgan fingerprint density at radius 3 is 2.20 bits per heavy atom. The predicted molar refractivity (Wildman–Crippen MR) is 179 cm³/mol. The van der Waals surface area contributed by atoms with E-state index in [1.54, 1.807) is 20.8 Å². The van der Waals surface area contributed by atoms with Gasteiger partial charge < -0.3 is 26.0 Å². The lowest BCUT2D eigenvalue weighted by atomic mass is 9.99.